The summed E-state index contributed by atoms with van der Waals surface area (Å²) in [4.78, 5) is 98.8. The number of nitrogens with one attached hydrogen (secondary N) is 7. The zero-order valence-corrected chi connectivity index (χ0v) is 69.0. The molecule has 0 bridgehead atoms. The van der Waals surface area contributed by atoms with Crippen molar-refractivity contribution < 1.29 is 42.6 Å². The number of anilines is 3. The van der Waals surface area contributed by atoms with E-state index in [9.17, 15) is 28.8 Å². The Morgan fingerprint density at radius 2 is 1.04 bits per heavy atom. The van der Waals surface area contributed by atoms with Gasteiger partial charge in [-0.2, -0.15) is 0 Å². The molecular weight excluding hydrogens is 1520 g/mol. The summed E-state index contributed by atoms with van der Waals surface area (Å²) in [5, 5.41) is 14.7. The van der Waals surface area contributed by atoms with Crippen molar-refractivity contribution in [1.29, 1.82) is 0 Å². The fourth-order valence-electron chi connectivity index (χ4n) is 13.2. The molecule has 0 spiro atoms. The number of pyridine rings is 3. The maximum absolute atomic E-state index is 13.0. The average Bonchev–Trinajstić information content (AvgIpc) is 1.62. The molecule has 0 unspecified atom stereocenters. The maximum atomic E-state index is 13.0. The Labute approximate surface area is 670 Å². The van der Waals surface area contributed by atoms with Crippen LogP contribution in [0.1, 0.15) is 131 Å². The number of aromatic nitrogens is 5. The number of carbonyl (C=O) groups is 6. The van der Waals surface area contributed by atoms with Crippen LogP contribution in [0.25, 0.3) is 63.9 Å². The quantitative estimate of drug-likeness (QED) is 0.0163. The van der Waals surface area contributed by atoms with Crippen LogP contribution in [0.2, 0.25) is 0 Å². The standard InChI is InChI=1S/C31H33N5O2S.C17H12N2OS.C15H25N3O2.C14H18BNO3.C9H6BrNS/c1-5-36(6-2)15-14-33-31(38)29-19(3)26(34-20(29)4)17-24-23-16-21(9-10-25(23)35-30(24)37)27-11-12-28(39-27)22-8-7-13-32-18-22;20-17-9-13-8-11(3-4-14(13)19-17)15-5-6-16(21-15)12-2-1-7-18-10-12;1-6-18(5,7-2)9-8-16-15(20)14-11(3)13(10-19)17-12(14)4;1-13(2)14(3,4)19-15(18-13)10-5-6-11-9(7-10)8-12(17)16-11;10-9-4-3-8(12-9)7-2-1-5-11-6-7/h7-13,16-18,34H,5-6,14-15H2,1-4H3,(H,33,38)(H,35,37);1-8,10H,9H2,(H,19,20);10H,6-9H2,1-5H3,(H-,16,17,19,20);5-7H,8H2,1-4H3,(H,16,17);1-6H/p+1/b24-17-;;;;. The van der Waals surface area contributed by atoms with E-state index in [0.29, 0.717) is 48.3 Å². The van der Waals surface area contributed by atoms with Gasteiger partial charge in [0.25, 0.3) is 17.7 Å². The van der Waals surface area contributed by atoms with Gasteiger partial charge in [-0.3, -0.25) is 43.7 Å². The van der Waals surface area contributed by atoms with Crippen molar-refractivity contribution in [3.8, 4) is 52.2 Å². The number of aromatic amines is 2. The highest BCUT2D eigenvalue weighted by Crippen LogP contribution is 2.42. The largest absolute Gasteiger partial charge is 0.494 e. The molecule has 1 saturated heterocycles. The van der Waals surface area contributed by atoms with Crippen LogP contribution in [0.3, 0.4) is 0 Å². The van der Waals surface area contributed by atoms with E-state index >= 15 is 0 Å². The molecule has 1 fully saturated rings. The first kappa shape index (κ1) is 81.9. The number of amides is 5. The second-order valence-electron chi connectivity index (χ2n) is 28.7. The molecule has 3 aromatic carbocycles. The minimum Gasteiger partial charge on any atom is -0.399 e. The number of quaternary nitrogens is 1. The van der Waals surface area contributed by atoms with Crippen molar-refractivity contribution in [2.45, 2.75) is 107 Å². The third-order valence-electron chi connectivity index (χ3n) is 20.9. The summed E-state index contributed by atoms with van der Waals surface area (Å²) in [6, 6.07) is 42.6. The fourth-order valence-corrected chi connectivity index (χ4v) is 16.6. The second-order valence-corrected chi connectivity index (χ2v) is 33.3. The monoisotopic (exact) mass is 1610 g/mol. The molecule has 0 atom stereocenters. The van der Waals surface area contributed by atoms with Crippen LogP contribution in [0.5, 0.6) is 0 Å². The van der Waals surface area contributed by atoms with Crippen molar-refractivity contribution in [1.82, 2.24) is 40.5 Å². The Kier molecular flexibility index (Phi) is 26.8. The lowest BCUT2D eigenvalue weighted by atomic mass is 9.78. The molecule has 4 aliphatic heterocycles. The number of fused-ring (bicyclic) bond motifs is 3. The molecule has 0 aliphatic carbocycles. The molecule has 574 valence electrons. The van der Waals surface area contributed by atoms with Crippen molar-refractivity contribution in [2.24, 2.45) is 0 Å². The van der Waals surface area contributed by atoms with E-state index in [-0.39, 0.29) is 47.9 Å². The van der Waals surface area contributed by atoms with E-state index in [1.807, 2.05) is 134 Å². The summed E-state index contributed by atoms with van der Waals surface area (Å²) in [6.07, 6.45) is 14.5. The number of aryl methyl sites for hydroxylation is 2. The van der Waals surface area contributed by atoms with E-state index in [2.05, 4.69) is 174 Å². The molecule has 4 aliphatic rings. The van der Waals surface area contributed by atoms with Gasteiger partial charge in [-0.25, -0.2) is 0 Å². The Bertz CT molecular complexity index is 5180. The number of nitrogens with zero attached hydrogens (tertiary/aromatic N) is 5. The topological polar surface area (TPSA) is 255 Å². The van der Waals surface area contributed by atoms with Crippen LogP contribution in [0.15, 0.2) is 168 Å². The molecule has 5 amide bonds. The molecular formula is C86H95BBrN12O8S3+. The zero-order chi connectivity index (χ0) is 79.3. The number of H-pyrrole nitrogens is 2. The van der Waals surface area contributed by atoms with Gasteiger partial charge >= 0.3 is 7.12 Å². The lowest BCUT2D eigenvalue weighted by molar-refractivity contribution is -0.904. The summed E-state index contributed by atoms with van der Waals surface area (Å²) in [7, 11) is 1.81. The Balaban J connectivity index is 0.000000146. The predicted molar refractivity (Wildman–Crippen MR) is 455 cm³/mol. The van der Waals surface area contributed by atoms with Crippen LogP contribution in [-0.4, -0.2) is 148 Å². The minimum atomic E-state index is -0.369. The first-order valence-electron chi connectivity index (χ1n) is 37.2. The van der Waals surface area contributed by atoms with Crippen molar-refractivity contribution >= 4 is 127 Å². The number of benzene rings is 3. The van der Waals surface area contributed by atoms with Gasteiger partial charge in [-0.05, 0) is 228 Å². The Morgan fingerprint density at radius 3 is 1.51 bits per heavy atom. The summed E-state index contributed by atoms with van der Waals surface area (Å²) in [5.41, 5.74) is 17.6. The number of halogens is 1. The van der Waals surface area contributed by atoms with Gasteiger partial charge in [0.1, 0.15) is 0 Å². The number of carbonyl (C=O) groups excluding carboxylic acids is 6. The number of aldehydes is 1. The van der Waals surface area contributed by atoms with Gasteiger partial charge in [0.2, 0.25) is 11.8 Å². The predicted octanol–water partition coefficient (Wildman–Crippen LogP) is 16.7. The Hall–Kier alpha value is -10.1. The molecule has 0 radical (unpaired) electrons. The van der Waals surface area contributed by atoms with Crippen LogP contribution in [-0.2, 0) is 36.5 Å². The van der Waals surface area contributed by atoms with Gasteiger partial charge in [0.15, 0.2) is 6.29 Å². The molecule has 12 heterocycles. The fraction of sp³-hybridized carbons (Fsp3) is 0.291. The van der Waals surface area contributed by atoms with Crippen molar-refractivity contribution in [3.05, 3.63) is 230 Å². The molecule has 25 heteroatoms. The number of thiophene rings is 3. The SMILES string of the molecule is Brc1ccc(-c2cccnc2)s1.CC1(C)OB(c2ccc3c(c2)CC(=O)N3)OC1(C)C.CCN(CC)CCNC(=O)c1c(C)[nH]c(/C=C2\C(=O)Nc3ccc(-c4ccc(-c5cccnc5)s4)cc32)c1C.CC[N+](C)(CC)CCNC(=O)c1c(C)[nH]c(C=O)c1C.O=C1Cc2cc(-c3ccc(-c4cccnc4)s3)ccc2N1. The lowest BCUT2D eigenvalue weighted by Gasteiger charge is -2.32. The van der Waals surface area contributed by atoms with Gasteiger partial charge < -0.3 is 55.2 Å². The van der Waals surface area contributed by atoms with E-state index in [0.717, 1.165) is 153 Å². The summed E-state index contributed by atoms with van der Waals surface area (Å²) in [6.45, 7) is 31.0. The Morgan fingerprint density at radius 1 is 0.577 bits per heavy atom. The first-order valence-corrected chi connectivity index (χ1v) is 40.5. The number of likely N-dealkylation sites (N-methyl/N-ethyl adjacent to an activating group) is 2. The highest BCUT2D eigenvalue weighted by atomic mass is 79.9. The van der Waals surface area contributed by atoms with Crippen LogP contribution >= 0.6 is 49.9 Å². The van der Waals surface area contributed by atoms with Crippen LogP contribution in [0.4, 0.5) is 17.1 Å². The second kappa shape index (κ2) is 36.4. The van der Waals surface area contributed by atoms with E-state index in [1.165, 1.54) is 20.2 Å². The maximum Gasteiger partial charge on any atom is 0.494 e. The molecule has 11 aromatic rings. The summed E-state index contributed by atoms with van der Waals surface area (Å²) >= 11 is 8.58. The third-order valence-corrected chi connectivity index (χ3v) is 24.9. The third kappa shape index (κ3) is 19.8. The molecule has 15 rings (SSSR count). The van der Waals surface area contributed by atoms with Crippen LogP contribution in [0, 0.1) is 27.7 Å². The number of hydrogen-bond acceptors (Lipinski definition) is 15. The normalized spacial score (nSPS) is 14.4. The zero-order valence-electron chi connectivity index (χ0n) is 65.0. The van der Waals surface area contributed by atoms with E-state index in [1.54, 1.807) is 59.5 Å². The van der Waals surface area contributed by atoms with Gasteiger partial charge in [0, 0.05) is 131 Å². The van der Waals surface area contributed by atoms with Gasteiger partial charge in [-0.1, -0.05) is 56.3 Å². The van der Waals surface area contributed by atoms with Crippen molar-refractivity contribution in [2.75, 3.05) is 75.4 Å². The molecule has 7 N–H and O–H groups in total. The van der Waals surface area contributed by atoms with Gasteiger partial charge in [-0.15, -0.1) is 34.0 Å². The van der Waals surface area contributed by atoms with E-state index < -0.39 is 0 Å². The van der Waals surface area contributed by atoms with Crippen molar-refractivity contribution in [3.63, 3.8) is 0 Å². The highest BCUT2D eigenvalue weighted by Gasteiger charge is 2.52. The summed E-state index contributed by atoms with van der Waals surface area (Å²) < 4.78 is 14.1. The van der Waals surface area contributed by atoms with E-state index in [4.69, 9.17) is 9.31 Å². The number of rotatable bonds is 20. The lowest BCUT2D eigenvalue weighted by Crippen LogP contribution is -2.48. The summed E-state index contributed by atoms with van der Waals surface area (Å²) in [5.74, 6) is -0.242. The molecule has 111 heavy (non-hydrogen) atoms. The molecule has 8 aromatic heterocycles. The highest BCUT2D eigenvalue weighted by molar-refractivity contribution is 9.11. The van der Waals surface area contributed by atoms with Crippen LogP contribution < -0.4 is 32.0 Å². The minimum absolute atomic E-state index is 0.0427. The smallest absolute Gasteiger partial charge is 0.399 e. The van der Waals surface area contributed by atoms with Gasteiger partial charge in [0.05, 0.1) is 83.5 Å². The molecule has 0 saturated carbocycles. The molecule has 20 nitrogen and oxygen atoms in total. The first-order chi connectivity index (χ1) is 53.2. The average molecular weight is 1610 g/mol. The number of hydrogen-bond donors (Lipinski definition) is 7.